The normalized spacial score (nSPS) is 11.2. The number of halogens is 1. The number of aromatic nitrogens is 1. The van der Waals surface area contributed by atoms with Crippen molar-refractivity contribution in [3.8, 4) is 17.2 Å². The van der Waals surface area contributed by atoms with E-state index in [9.17, 15) is 10.2 Å². The molecule has 0 saturated carbocycles. The first-order valence-corrected chi connectivity index (χ1v) is 8.30. The zero-order valence-corrected chi connectivity index (χ0v) is 14.6. The molecule has 0 fully saturated rings. The molecule has 0 spiro atoms. The fourth-order valence-corrected chi connectivity index (χ4v) is 2.84. The lowest BCUT2D eigenvalue weighted by Gasteiger charge is -2.08. The Bertz CT molecular complexity index is 922. The van der Waals surface area contributed by atoms with Gasteiger partial charge in [-0.05, 0) is 42.8 Å². The van der Waals surface area contributed by atoms with E-state index >= 15 is 0 Å². The van der Waals surface area contributed by atoms with Gasteiger partial charge in [-0.25, -0.2) is 4.98 Å². The number of hydrogen-bond acceptors (Lipinski definition) is 4. The van der Waals surface area contributed by atoms with Gasteiger partial charge < -0.3 is 14.9 Å². The summed E-state index contributed by atoms with van der Waals surface area (Å²) in [6.45, 7) is 2.34. The quantitative estimate of drug-likeness (QED) is 0.664. The maximum atomic E-state index is 9.91. The van der Waals surface area contributed by atoms with Gasteiger partial charge >= 0.3 is 0 Å². The molecule has 0 atom stereocenters. The predicted molar refractivity (Wildman–Crippen MR) is 99.3 cm³/mol. The van der Waals surface area contributed by atoms with Crippen molar-refractivity contribution in [3.63, 3.8) is 0 Å². The van der Waals surface area contributed by atoms with Crippen LogP contribution in [0, 0.1) is 0 Å². The molecule has 2 N–H and O–H groups in total. The number of hydrogen-bond donors (Lipinski definition) is 2. The molecule has 0 aliphatic rings. The van der Waals surface area contributed by atoms with E-state index in [0.717, 1.165) is 21.1 Å². The molecule has 2 aromatic carbocycles. The fourth-order valence-electron chi connectivity index (χ4n) is 2.37. The molecule has 0 bridgehead atoms. The van der Waals surface area contributed by atoms with E-state index in [2.05, 4.69) is 20.9 Å². The number of fused-ring (bicyclic) bond motifs is 1. The van der Waals surface area contributed by atoms with Gasteiger partial charge in [0.05, 0.1) is 12.3 Å². The molecule has 3 rings (SSSR count). The molecule has 0 radical (unpaired) electrons. The second kappa shape index (κ2) is 6.93. The summed E-state index contributed by atoms with van der Waals surface area (Å²) in [6.07, 6.45) is 3.72. The molecular formula is C19H16BrNO3. The van der Waals surface area contributed by atoms with Gasteiger partial charge in [0.15, 0.2) is 11.5 Å². The largest absolute Gasteiger partial charge is 0.506 e. The Morgan fingerprint density at radius 1 is 1.08 bits per heavy atom. The summed E-state index contributed by atoms with van der Waals surface area (Å²) >= 11 is 3.43. The molecule has 122 valence electrons. The highest BCUT2D eigenvalue weighted by Crippen LogP contribution is 2.33. The van der Waals surface area contributed by atoms with E-state index in [0.29, 0.717) is 17.9 Å². The Hall–Kier alpha value is -2.53. The summed E-state index contributed by atoms with van der Waals surface area (Å²) < 4.78 is 6.16. The molecule has 0 aliphatic carbocycles. The highest BCUT2D eigenvalue weighted by atomic mass is 79.9. The van der Waals surface area contributed by atoms with Crippen LogP contribution in [0.3, 0.4) is 0 Å². The Morgan fingerprint density at radius 2 is 1.92 bits per heavy atom. The minimum Gasteiger partial charge on any atom is -0.506 e. The smallest absolute Gasteiger partial charge is 0.161 e. The summed E-state index contributed by atoms with van der Waals surface area (Å²) in [4.78, 5) is 4.46. The van der Waals surface area contributed by atoms with Gasteiger partial charge in [0, 0.05) is 9.86 Å². The molecule has 4 nitrogen and oxygen atoms in total. The molecule has 0 amide bonds. The highest BCUT2D eigenvalue weighted by Gasteiger charge is 2.07. The Kier molecular flexibility index (Phi) is 4.71. The third kappa shape index (κ3) is 3.36. The van der Waals surface area contributed by atoms with Crippen LogP contribution < -0.4 is 4.74 Å². The number of ether oxygens (including phenoxy) is 1. The van der Waals surface area contributed by atoms with Crippen LogP contribution in [0.5, 0.6) is 17.2 Å². The van der Waals surface area contributed by atoms with Gasteiger partial charge in [0.1, 0.15) is 11.3 Å². The first-order valence-electron chi connectivity index (χ1n) is 7.50. The van der Waals surface area contributed by atoms with Crippen molar-refractivity contribution in [1.29, 1.82) is 0 Å². The van der Waals surface area contributed by atoms with Crippen molar-refractivity contribution in [3.05, 3.63) is 58.2 Å². The highest BCUT2D eigenvalue weighted by molar-refractivity contribution is 9.10. The Morgan fingerprint density at radius 3 is 2.71 bits per heavy atom. The Labute approximate surface area is 148 Å². The van der Waals surface area contributed by atoms with Gasteiger partial charge in [-0.1, -0.05) is 40.2 Å². The number of benzene rings is 2. The van der Waals surface area contributed by atoms with Gasteiger partial charge in [-0.3, -0.25) is 0 Å². The number of nitrogens with zero attached hydrogens (tertiary/aromatic N) is 1. The lowest BCUT2D eigenvalue weighted by Crippen LogP contribution is -1.92. The molecule has 1 heterocycles. The van der Waals surface area contributed by atoms with Crippen LogP contribution in [-0.4, -0.2) is 21.8 Å². The van der Waals surface area contributed by atoms with Crippen molar-refractivity contribution in [1.82, 2.24) is 4.98 Å². The van der Waals surface area contributed by atoms with Crippen LogP contribution in [0.15, 0.2) is 46.9 Å². The van der Waals surface area contributed by atoms with E-state index < -0.39 is 0 Å². The number of aromatic hydroxyl groups is 2. The van der Waals surface area contributed by atoms with Crippen molar-refractivity contribution in [2.45, 2.75) is 6.92 Å². The SMILES string of the molecule is CCOc1cc(C=Cc2ccc3cccc(O)c3n2)c(Br)cc1O. The van der Waals surface area contributed by atoms with Crippen molar-refractivity contribution in [2.75, 3.05) is 6.61 Å². The van der Waals surface area contributed by atoms with E-state index in [1.165, 1.54) is 0 Å². The monoisotopic (exact) mass is 385 g/mol. The number of phenolic OH excluding ortho intramolecular Hbond substituents is 2. The average Bonchev–Trinajstić information content (AvgIpc) is 2.57. The summed E-state index contributed by atoms with van der Waals surface area (Å²) in [5.41, 5.74) is 2.15. The van der Waals surface area contributed by atoms with Crippen LogP contribution in [0.2, 0.25) is 0 Å². The standard InChI is InChI=1S/C19H16BrNO3/c1-2-24-18-10-13(15(20)11-17(18)23)7-9-14-8-6-12-4-3-5-16(22)19(12)21-14/h3-11,22-23H,2H2,1H3. The molecule has 0 aliphatic heterocycles. The summed E-state index contributed by atoms with van der Waals surface area (Å²) in [5, 5.41) is 20.7. The number of phenols is 2. The predicted octanol–water partition coefficient (Wildman–Crippen LogP) is 4.98. The van der Waals surface area contributed by atoms with Crippen molar-refractivity contribution >= 4 is 39.0 Å². The fraction of sp³-hybridized carbons (Fsp3) is 0.105. The zero-order chi connectivity index (χ0) is 17.1. The molecular weight excluding hydrogens is 370 g/mol. The molecule has 24 heavy (non-hydrogen) atoms. The van der Waals surface area contributed by atoms with Gasteiger partial charge in [-0.2, -0.15) is 0 Å². The van der Waals surface area contributed by atoms with Crippen LogP contribution >= 0.6 is 15.9 Å². The molecule has 0 unspecified atom stereocenters. The summed E-state index contributed by atoms with van der Waals surface area (Å²) in [7, 11) is 0. The first kappa shape index (κ1) is 16.3. The lowest BCUT2D eigenvalue weighted by molar-refractivity contribution is 0.318. The van der Waals surface area contributed by atoms with Crippen LogP contribution in [0.4, 0.5) is 0 Å². The van der Waals surface area contributed by atoms with Gasteiger partial charge in [0.2, 0.25) is 0 Å². The van der Waals surface area contributed by atoms with Gasteiger partial charge in [0.25, 0.3) is 0 Å². The second-order valence-electron chi connectivity index (χ2n) is 5.19. The lowest BCUT2D eigenvalue weighted by atomic mass is 10.1. The third-order valence-corrected chi connectivity index (χ3v) is 4.22. The minimum atomic E-state index is 0.0922. The van der Waals surface area contributed by atoms with E-state index in [4.69, 9.17) is 4.74 Å². The van der Waals surface area contributed by atoms with E-state index in [-0.39, 0.29) is 11.5 Å². The van der Waals surface area contributed by atoms with Crippen LogP contribution in [-0.2, 0) is 0 Å². The molecule has 0 saturated heterocycles. The number of pyridine rings is 1. The van der Waals surface area contributed by atoms with Crippen molar-refractivity contribution in [2.24, 2.45) is 0 Å². The number of para-hydroxylation sites is 1. The maximum Gasteiger partial charge on any atom is 0.161 e. The topological polar surface area (TPSA) is 62.6 Å². The summed E-state index contributed by atoms with van der Waals surface area (Å²) in [6, 6.07) is 12.5. The average molecular weight is 386 g/mol. The first-order chi connectivity index (χ1) is 11.6. The van der Waals surface area contributed by atoms with E-state index in [1.807, 2.05) is 37.3 Å². The molecule has 3 aromatic rings. The molecule has 5 heteroatoms. The second-order valence-corrected chi connectivity index (χ2v) is 6.05. The zero-order valence-electron chi connectivity index (χ0n) is 13.0. The van der Waals surface area contributed by atoms with Crippen molar-refractivity contribution < 1.29 is 14.9 Å². The molecule has 1 aromatic heterocycles. The third-order valence-electron chi connectivity index (χ3n) is 3.53. The van der Waals surface area contributed by atoms with Crippen LogP contribution in [0.1, 0.15) is 18.2 Å². The minimum absolute atomic E-state index is 0.0922. The maximum absolute atomic E-state index is 9.91. The van der Waals surface area contributed by atoms with Crippen LogP contribution in [0.25, 0.3) is 23.1 Å². The number of rotatable bonds is 4. The summed E-state index contributed by atoms with van der Waals surface area (Å²) in [5.74, 6) is 0.686. The Balaban J connectivity index is 1.96. The van der Waals surface area contributed by atoms with E-state index in [1.54, 1.807) is 24.3 Å². The van der Waals surface area contributed by atoms with Gasteiger partial charge in [-0.15, -0.1) is 0 Å².